The molecular weight excluding hydrogens is 250 g/mol. The molecule has 2 rings (SSSR count). The summed E-state index contributed by atoms with van der Waals surface area (Å²) in [6.45, 7) is 0. The van der Waals surface area contributed by atoms with E-state index in [1.807, 2.05) is 26.4 Å². The monoisotopic (exact) mass is 263 g/mol. The van der Waals surface area contributed by atoms with E-state index < -0.39 is 5.97 Å². The standard InChI is InChI=1S/C12H13N3O2S/c1-15(2)7-9-12(16)17-10(14-9)8-5-4-6-13-11(8)18-3/h4-7H,1-3H3. The number of hydrogen-bond donors (Lipinski definition) is 0. The van der Waals surface area contributed by atoms with E-state index in [0.29, 0.717) is 11.6 Å². The lowest BCUT2D eigenvalue weighted by Crippen LogP contribution is -2.08. The Hall–Kier alpha value is -1.82. The maximum absolute atomic E-state index is 11.6. The summed E-state index contributed by atoms with van der Waals surface area (Å²) >= 11 is 1.49. The van der Waals surface area contributed by atoms with Gasteiger partial charge in [0.25, 0.3) is 0 Å². The summed E-state index contributed by atoms with van der Waals surface area (Å²) in [6, 6.07) is 3.63. The van der Waals surface area contributed by atoms with Crippen LogP contribution in [0.1, 0.15) is 5.56 Å². The molecule has 5 nitrogen and oxygen atoms in total. The third kappa shape index (κ3) is 2.53. The Morgan fingerprint density at radius 3 is 2.89 bits per heavy atom. The number of pyridine rings is 1. The normalized spacial score (nSPS) is 16.7. The molecule has 0 saturated carbocycles. The van der Waals surface area contributed by atoms with Crippen LogP contribution in [0.5, 0.6) is 0 Å². The van der Waals surface area contributed by atoms with Crippen molar-refractivity contribution < 1.29 is 9.53 Å². The number of nitrogens with zero attached hydrogens (tertiary/aromatic N) is 3. The maximum Gasteiger partial charge on any atom is 0.365 e. The van der Waals surface area contributed by atoms with Crippen LogP contribution in [0, 0.1) is 0 Å². The molecule has 1 aromatic rings. The van der Waals surface area contributed by atoms with Gasteiger partial charge in [0.15, 0.2) is 5.70 Å². The van der Waals surface area contributed by atoms with Crippen molar-refractivity contribution in [1.29, 1.82) is 0 Å². The highest BCUT2D eigenvalue weighted by atomic mass is 32.2. The lowest BCUT2D eigenvalue weighted by molar-refractivity contribution is -0.130. The minimum absolute atomic E-state index is 0.297. The SMILES string of the molecule is CSc1ncccc1C1=NC(=CN(C)C)C(=O)O1. The van der Waals surface area contributed by atoms with Crippen molar-refractivity contribution >= 4 is 23.6 Å². The summed E-state index contributed by atoms with van der Waals surface area (Å²) < 4.78 is 5.17. The Balaban J connectivity index is 2.38. The van der Waals surface area contributed by atoms with Gasteiger partial charge in [-0.3, -0.25) is 0 Å². The fraction of sp³-hybridized carbons (Fsp3) is 0.250. The van der Waals surface area contributed by atoms with Crippen molar-refractivity contribution in [1.82, 2.24) is 9.88 Å². The minimum atomic E-state index is -0.436. The van der Waals surface area contributed by atoms with E-state index in [9.17, 15) is 4.79 Å². The van der Waals surface area contributed by atoms with Crippen LogP contribution in [0.2, 0.25) is 0 Å². The first kappa shape index (κ1) is 12.6. The Morgan fingerprint density at radius 2 is 2.22 bits per heavy atom. The molecule has 2 heterocycles. The molecule has 0 atom stereocenters. The Labute approximate surface area is 110 Å². The number of aliphatic imine (C=N–C) groups is 1. The molecule has 1 aromatic heterocycles. The molecule has 6 heteroatoms. The van der Waals surface area contributed by atoms with Crippen LogP contribution in [-0.2, 0) is 9.53 Å². The number of esters is 1. The van der Waals surface area contributed by atoms with Crippen molar-refractivity contribution in [2.45, 2.75) is 5.03 Å². The van der Waals surface area contributed by atoms with Gasteiger partial charge in [-0.2, -0.15) is 0 Å². The lowest BCUT2D eigenvalue weighted by atomic mass is 10.3. The number of carbonyl (C=O) groups excluding carboxylic acids is 1. The van der Waals surface area contributed by atoms with Crippen LogP contribution in [0.3, 0.4) is 0 Å². The fourth-order valence-electron chi connectivity index (χ4n) is 1.48. The fourth-order valence-corrected chi connectivity index (χ4v) is 2.02. The van der Waals surface area contributed by atoms with E-state index in [1.54, 1.807) is 23.4 Å². The zero-order chi connectivity index (χ0) is 13.1. The average molecular weight is 263 g/mol. The van der Waals surface area contributed by atoms with Crippen LogP contribution < -0.4 is 0 Å². The third-order valence-electron chi connectivity index (χ3n) is 2.20. The van der Waals surface area contributed by atoms with E-state index in [2.05, 4.69) is 9.98 Å². The lowest BCUT2D eigenvalue weighted by Gasteiger charge is -2.03. The summed E-state index contributed by atoms with van der Waals surface area (Å²) in [7, 11) is 3.65. The van der Waals surface area contributed by atoms with Gasteiger partial charge >= 0.3 is 5.97 Å². The van der Waals surface area contributed by atoms with Gasteiger partial charge in [0.2, 0.25) is 5.90 Å². The number of aromatic nitrogens is 1. The first-order valence-electron chi connectivity index (χ1n) is 5.30. The first-order chi connectivity index (χ1) is 8.61. The molecular formula is C12H13N3O2S. The van der Waals surface area contributed by atoms with E-state index >= 15 is 0 Å². The second-order valence-electron chi connectivity index (χ2n) is 3.84. The zero-order valence-corrected chi connectivity index (χ0v) is 11.2. The summed E-state index contributed by atoms with van der Waals surface area (Å²) in [6.07, 6.45) is 5.24. The van der Waals surface area contributed by atoms with Crippen molar-refractivity contribution in [2.75, 3.05) is 20.4 Å². The molecule has 94 valence electrons. The Bertz CT molecular complexity index is 538. The van der Waals surface area contributed by atoms with Crippen LogP contribution in [-0.4, -0.2) is 42.1 Å². The molecule has 0 radical (unpaired) electrons. The van der Waals surface area contributed by atoms with Crippen molar-refractivity contribution in [2.24, 2.45) is 4.99 Å². The van der Waals surface area contributed by atoms with Crippen molar-refractivity contribution in [3.8, 4) is 0 Å². The van der Waals surface area contributed by atoms with Crippen molar-refractivity contribution in [3.63, 3.8) is 0 Å². The molecule has 0 amide bonds. The Morgan fingerprint density at radius 1 is 1.44 bits per heavy atom. The van der Waals surface area contributed by atoms with Crippen LogP contribution in [0.25, 0.3) is 0 Å². The van der Waals surface area contributed by atoms with E-state index in [-0.39, 0.29) is 0 Å². The molecule has 1 aliphatic rings. The number of rotatable bonds is 3. The predicted octanol–water partition coefficient (Wildman–Crippen LogP) is 1.51. The number of ether oxygens (including phenoxy) is 1. The highest BCUT2D eigenvalue weighted by Crippen LogP contribution is 2.22. The maximum atomic E-state index is 11.6. The number of carbonyl (C=O) groups is 1. The molecule has 1 aliphatic heterocycles. The van der Waals surface area contributed by atoms with Crippen LogP contribution in [0.4, 0.5) is 0 Å². The second kappa shape index (κ2) is 5.22. The highest BCUT2D eigenvalue weighted by molar-refractivity contribution is 7.98. The molecule has 0 saturated heterocycles. The second-order valence-corrected chi connectivity index (χ2v) is 4.64. The minimum Gasteiger partial charge on any atom is -0.402 e. The molecule has 0 bridgehead atoms. The van der Waals surface area contributed by atoms with Gasteiger partial charge in [0.05, 0.1) is 5.56 Å². The first-order valence-corrected chi connectivity index (χ1v) is 6.53. The molecule has 0 spiro atoms. The van der Waals surface area contributed by atoms with Gasteiger partial charge in [0, 0.05) is 26.5 Å². The Kier molecular flexibility index (Phi) is 3.66. The smallest absolute Gasteiger partial charge is 0.365 e. The van der Waals surface area contributed by atoms with E-state index in [0.717, 1.165) is 10.6 Å². The van der Waals surface area contributed by atoms with Gasteiger partial charge in [-0.25, -0.2) is 14.8 Å². The summed E-state index contributed by atoms with van der Waals surface area (Å²) in [4.78, 5) is 21.8. The molecule has 0 fully saturated rings. The quantitative estimate of drug-likeness (QED) is 0.470. The summed E-state index contributed by atoms with van der Waals surface area (Å²) in [5, 5.41) is 0.787. The molecule has 0 aromatic carbocycles. The largest absolute Gasteiger partial charge is 0.402 e. The van der Waals surface area contributed by atoms with Gasteiger partial charge in [-0.1, -0.05) is 0 Å². The van der Waals surface area contributed by atoms with Gasteiger partial charge in [-0.15, -0.1) is 11.8 Å². The average Bonchev–Trinajstić information content (AvgIpc) is 2.70. The van der Waals surface area contributed by atoms with Gasteiger partial charge < -0.3 is 9.64 Å². The third-order valence-corrected chi connectivity index (χ3v) is 2.91. The molecule has 0 unspecified atom stereocenters. The number of thioether (sulfide) groups is 1. The number of cyclic esters (lactones) is 1. The zero-order valence-electron chi connectivity index (χ0n) is 10.4. The summed E-state index contributed by atoms with van der Waals surface area (Å²) in [5.41, 5.74) is 1.03. The predicted molar refractivity (Wildman–Crippen MR) is 70.4 cm³/mol. The topological polar surface area (TPSA) is 54.8 Å². The van der Waals surface area contributed by atoms with E-state index in [1.165, 1.54) is 11.8 Å². The molecule has 0 N–H and O–H groups in total. The van der Waals surface area contributed by atoms with Crippen molar-refractivity contribution in [3.05, 3.63) is 35.8 Å². The number of hydrogen-bond acceptors (Lipinski definition) is 6. The van der Waals surface area contributed by atoms with Gasteiger partial charge in [0.1, 0.15) is 5.03 Å². The van der Waals surface area contributed by atoms with Crippen LogP contribution >= 0.6 is 11.8 Å². The summed E-state index contributed by atoms with van der Waals surface area (Å²) in [5.74, 6) is -0.125. The van der Waals surface area contributed by atoms with Crippen LogP contribution in [0.15, 0.2) is 40.2 Å². The highest BCUT2D eigenvalue weighted by Gasteiger charge is 2.26. The van der Waals surface area contributed by atoms with Gasteiger partial charge in [-0.05, 0) is 18.4 Å². The molecule has 18 heavy (non-hydrogen) atoms. The molecule has 0 aliphatic carbocycles. The van der Waals surface area contributed by atoms with E-state index in [4.69, 9.17) is 4.74 Å².